The van der Waals surface area contributed by atoms with Crippen molar-refractivity contribution >= 4 is 17.5 Å². The van der Waals surface area contributed by atoms with Crippen LogP contribution in [-0.2, 0) is 16.0 Å². The lowest BCUT2D eigenvalue weighted by atomic mass is 10.1. The number of amides is 1. The zero-order valence-electron chi connectivity index (χ0n) is 15.1. The summed E-state index contributed by atoms with van der Waals surface area (Å²) in [6.45, 7) is 4.03. The minimum Gasteiger partial charge on any atom is -0.371 e. The molecule has 0 spiro atoms. The maximum atomic E-state index is 12.4. The van der Waals surface area contributed by atoms with E-state index in [1.807, 2.05) is 24.3 Å². The van der Waals surface area contributed by atoms with Gasteiger partial charge in [0.1, 0.15) is 0 Å². The van der Waals surface area contributed by atoms with Gasteiger partial charge < -0.3 is 15.2 Å². The van der Waals surface area contributed by atoms with E-state index in [9.17, 15) is 9.59 Å². The van der Waals surface area contributed by atoms with Crippen molar-refractivity contribution in [3.8, 4) is 0 Å². The molecule has 0 bridgehead atoms. The number of aryl methyl sites for hydroxylation is 1. The third-order valence-electron chi connectivity index (χ3n) is 5.45. The van der Waals surface area contributed by atoms with Gasteiger partial charge in [0.15, 0.2) is 0 Å². The third-order valence-corrected chi connectivity index (χ3v) is 5.70. The second-order valence-corrected chi connectivity index (χ2v) is 7.78. The quantitative estimate of drug-likeness (QED) is 0.738. The molecule has 2 aromatic rings. The predicted octanol–water partition coefficient (Wildman–Crippen LogP) is 1.54. The first-order valence-corrected chi connectivity index (χ1v) is 9.54. The molecule has 1 amide bonds. The van der Waals surface area contributed by atoms with E-state index in [2.05, 4.69) is 20.4 Å². The molecule has 0 unspecified atom stereocenters. The zero-order chi connectivity index (χ0) is 19.0. The van der Waals surface area contributed by atoms with Crippen LogP contribution in [0.5, 0.6) is 0 Å². The van der Waals surface area contributed by atoms with E-state index >= 15 is 0 Å². The molecule has 8 heteroatoms. The normalized spacial score (nSPS) is 25.3. The number of rotatable bonds is 4. The number of nitrogens with one attached hydrogen (secondary N) is 3. The first-order chi connectivity index (χ1) is 13.0. The van der Waals surface area contributed by atoms with Gasteiger partial charge in [0, 0.05) is 41.5 Å². The summed E-state index contributed by atoms with van der Waals surface area (Å²) in [5.41, 5.74) is 2.09. The van der Waals surface area contributed by atoms with Crippen molar-refractivity contribution in [3.63, 3.8) is 0 Å². The van der Waals surface area contributed by atoms with Crippen LogP contribution < -0.4 is 10.9 Å². The SMILES string of the molecule is Cc1[nH][nH]c(=O)c1CC(=O)N[C@H]1C[C@H]2CO[C@@H](c3ccc(Cl)cc3)CN2C1. The number of carbonyl (C=O) groups is 1. The van der Waals surface area contributed by atoms with Crippen molar-refractivity contribution < 1.29 is 9.53 Å². The highest BCUT2D eigenvalue weighted by atomic mass is 35.5. The molecule has 3 heterocycles. The molecule has 2 fully saturated rings. The maximum absolute atomic E-state index is 12.4. The number of H-pyrrole nitrogens is 2. The summed E-state index contributed by atoms with van der Waals surface area (Å²) in [6, 6.07) is 8.15. The van der Waals surface area contributed by atoms with E-state index < -0.39 is 0 Å². The third kappa shape index (κ3) is 3.95. The van der Waals surface area contributed by atoms with Crippen LogP contribution in [0.15, 0.2) is 29.1 Å². The van der Waals surface area contributed by atoms with Gasteiger partial charge in [-0.25, -0.2) is 0 Å². The standard InChI is InChI=1S/C19H23ClN4O3/c1-11-16(19(26)23-22-11)7-18(25)21-14-6-15-10-27-17(9-24(15)8-14)12-2-4-13(20)5-3-12/h2-5,14-15,17H,6-10H2,1H3,(H,21,25)(H2,22,23,26)/t14-,15-,17+/m0/s1. The van der Waals surface area contributed by atoms with E-state index in [1.165, 1.54) is 0 Å². The summed E-state index contributed by atoms with van der Waals surface area (Å²) < 4.78 is 6.04. The fourth-order valence-electron chi connectivity index (χ4n) is 3.98. The lowest BCUT2D eigenvalue weighted by molar-refractivity contribution is -0.121. The van der Waals surface area contributed by atoms with Crippen LogP contribution in [0, 0.1) is 6.92 Å². The molecule has 144 valence electrons. The minimum absolute atomic E-state index is 0.0223. The Bertz CT molecular complexity index is 876. The van der Waals surface area contributed by atoms with Gasteiger partial charge in [0.25, 0.3) is 5.56 Å². The molecule has 2 aliphatic heterocycles. The van der Waals surface area contributed by atoms with Crippen molar-refractivity contribution in [2.75, 3.05) is 19.7 Å². The number of benzene rings is 1. The topological polar surface area (TPSA) is 90.2 Å². The number of morpholine rings is 1. The Labute approximate surface area is 162 Å². The van der Waals surface area contributed by atoms with Crippen LogP contribution >= 0.6 is 11.6 Å². The smallest absolute Gasteiger partial charge is 0.267 e. The molecule has 1 aromatic carbocycles. The van der Waals surface area contributed by atoms with Gasteiger partial charge in [-0.05, 0) is 31.0 Å². The molecular formula is C19H23ClN4O3. The number of fused-ring (bicyclic) bond motifs is 1. The molecule has 7 nitrogen and oxygen atoms in total. The van der Waals surface area contributed by atoms with Gasteiger partial charge in [0.05, 0.1) is 19.1 Å². The summed E-state index contributed by atoms with van der Waals surface area (Å²) in [5, 5.41) is 9.04. The van der Waals surface area contributed by atoms with Crippen molar-refractivity contribution in [3.05, 3.63) is 56.5 Å². The number of hydrogen-bond acceptors (Lipinski definition) is 4. The van der Waals surface area contributed by atoms with Crippen LogP contribution in [0.1, 0.15) is 29.3 Å². The van der Waals surface area contributed by atoms with Gasteiger partial charge in [-0.15, -0.1) is 0 Å². The minimum atomic E-state index is -0.231. The Hall–Kier alpha value is -2.09. The number of ether oxygens (including phenoxy) is 1. The second-order valence-electron chi connectivity index (χ2n) is 7.34. The van der Waals surface area contributed by atoms with E-state index in [1.54, 1.807) is 6.92 Å². The van der Waals surface area contributed by atoms with Gasteiger partial charge in [-0.1, -0.05) is 23.7 Å². The summed E-state index contributed by atoms with van der Waals surface area (Å²) >= 11 is 5.96. The molecule has 3 atom stereocenters. The summed E-state index contributed by atoms with van der Waals surface area (Å²) in [5.74, 6) is -0.122. The molecule has 0 radical (unpaired) electrons. The van der Waals surface area contributed by atoms with E-state index in [0.29, 0.717) is 28.9 Å². The summed E-state index contributed by atoms with van der Waals surface area (Å²) in [4.78, 5) is 26.4. The molecule has 0 aliphatic carbocycles. The first kappa shape index (κ1) is 18.3. The molecule has 1 aromatic heterocycles. The number of nitrogens with zero attached hydrogens (tertiary/aromatic N) is 1. The number of aromatic nitrogens is 2. The van der Waals surface area contributed by atoms with Crippen LogP contribution in [0.2, 0.25) is 5.02 Å². The highest BCUT2D eigenvalue weighted by Crippen LogP contribution is 2.30. The van der Waals surface area contributed by atoms with Crippen LogP contribution in [0.4, 0.5) is 0 Å². The lowest BCUT2D eigenvalue weighted by Crippen LogP contribution is -2.43. The van der Waals surface area contributed by atoms with Crippen LogP contribution in [0.3, 0.4) is 0 Å². The molecule has 2 saturated heterocycles. The average Bonchev–Trinajstić information content (AvgIpc) is 3.19. The van der Waals surface area contributed by atoms with Crippen molar-refractivity contribution in [1.29, 1.82) is 0 Å². The van der Waals surface area contributed by atoms with E-state index in [0.717, 1.165) is 25.1 Å². The van der Waals surface area contributed by atoms with Gasteiger partial charge in [0.2, 0.25) is 5.91 Å². The number of halogens is 1. The summed E-state index contributed by atoms with van der Waals surface area (Å²) in [6.07, 6.45) is 0.978. The molecule has 2 aliphatic rings. The molecule has 3 N–H and O–H groups in total. The van der Waals surface area contributed by atoms with Crippen LogP contribution in [0.25, 0.3) is 0 Å². The highest BCUT2D eigenvalue weighted by molar-refractivity contribution is 6.30. The number of hydrogen-bond donors (Lipinski definition) is 3. The Balaban J connectivity index is 1.34. The highest BCUT2D eigenvalue weighted by Gasteiger charge is 2.38. The zero-order valence-corrected chi connectivity index (χ0v) is 15.9. The molecule has 0 saturated carbocycles. The van der Waals surface area contributed by atoms with Crippen molar-refractivity contribution in [2.45, 2.75) is 38.0 Å². The van der Waals surface area contributed by atoms with Crippen molar-refractivity contribution in [2.24, 2.45) is 0 Å². The Morgan fingerprint density at radius 3 is 2.78 bits per heavy atom. The Morgan fingerprint density at radius 2 is 2.07 bits per heavy atom. The van der Waals surface area contributed by atoms with Crippen LogP contribution in [-0.4, -0.2) is 52.8 Å². The predicted molar refractivity (Wildman–Crippen MR) is 102 cm³/mol. The van der Waals surface area contributed by atoms with E-state index in [4.69, 9.17) is 16.3 Å². The first-order valence-electron chi connectivity index (χ1n) is 9.16. The monoisotopic (exact) mass is 390 g/mol. The van der Waals surface area contributed by atoms with Gasteiger partial charge in [-0.2, -0.15) is 0 Å². The van der Waals surface area contributed by atoms with E-state index in [-0.39, 0.29) is 30.0 Å². The molecule has 4 rings (SSSR count). The fourth-order valence-corrected chi connectivity index (χ4v) is 4.11. The average molecular weight is 391 g/mol. The number of carbonyl (C=O) groups excluding carboxylic acids is 1. The maximum Gasteiger partial charge on any atom is 0.267 e. The van der Waals surface area contributed by atoms with Gasteiger partial charge >= 0.3 is 0 Å². The molecule has 27 heavy (non-hydrogen) atoms. The second kappa shape index (κ2) is 7.50. The fraction of sp³-hybridized carbons (Fsp3) is 0.474. The largest absolute Gasteiger partial charge is 0.371 e. The lowest BCUT2D eigenvalue weighted by Gasteiger charge is -2.35. The Kier molecular flexibility index (Phi) is 5.08. The number of aromatic amines is 2. The summed E-state index contributed by atoms with van der Waals surface area (Å²) in [7, 11) is 0. The molecular weight excluding hydrogens is 368 g/mol. The Morgan fingerprint density at radius 1 is 1.30 bits per heavy atom. The van der Waals surface area contributed by atoms with Gasteiger partial charge in [-0.3, -0.25) is 19.6 Å². The van der Waals surface area contributed by atoms with Crippen molar-refractivity contribution in [1.82, 2.24) is 20.4 Å².